The SMILES string of the molecule is CN1CCN(c2c(NCc3ccco3)c(=O)c2=O)CC1. The number of rotatable bonds is 4. The summed E-state index contributed by atoms with van der Waals surface area (Å²) < 4.78 is 5.21. The maximum Gasteiger partial charge on any atom is 0.253 e. The Balaban J connectivity index is 1.73. The Morgan fingerprint density at radius 2 is 1.95 bits per heavy atom. The number of likely N-dealkylation sites (N-methyl/N-ethyl adjacent to an activating group) is 1. The Hall–Kier alpha value is -2.08. The second-order valence-corrected chi connectivity index (χ2v) is 5.11. The highest BCUT2D eigenvalue weighted by atomic mass is 16.3. The van der Waals surface area contributed by atoms with Crippen LogP contribution in [-0.4, -0.2) is 38.1 Å². The zero-order valence-electron chi connectivity index (χ0n) is 11.4. The average Bonchev–Trinajstić information content (AvgIpc) is 2.97. The molecule has 1 aromatic heterocycles. The quantitative estimate of drug-likeness (QED) is 0.806. The van der Waals surface area contributed by atoms with Gasteiger partial charge in [0.25, 0.3) is 10.9 Å². The summed E-state index contributed by atoms with van der Waals surface area (Å²) in [5, 5.41) is 3.02. The van der Waals surface area contributed by atoms with Gasteiger partial charge >= 0.3 is 0 Å². The zero-order valence-corrected chi connectivity index (χ0v) is 11.4. The summed E-state index contributed by atoms with van der Waals surface area (Å²) in [5.74, 6) is 0.738. The predicted molar refractivity (Wildman–Crippen MR) is 77.1 cm³/mol. The molecule has 2 aromatic rings. The van der Waals surface area contributed by atoms with E-state index in [-0.39, 0.29) is 5.43 Å². The molecule has 1 fully saturated rings. The van der Waals surface area contributed by atoms with Crippen LogP contribution in [0.3, 0.4) is 0 Å². The van der Waals surface area contributed by atoms with Gasteiger partial charge < -0.3 is 19.5 Å². The molecule has 0 aliphatic carbocycles. The summed E-state index contributed by atoms with van der Waals surface area (Å²) in [7, 11) is 2.05. The number of hydrogen-bond acceptors (Lipinski definition) is 6. The van der Waals surface area contributed by atoms with Crippen LogP contribution in [0.4, 0.5) is 11.4 Å². The van der Waals surface area contributed by atoms with E-state index in [2.05, 4.69) is 17.3 Å². The molecule has 1 aliphatic heterocycles. The summed E-state index contributed by atoms with van der Waals surface area (Å²) in [6, 6.07) is 3.62. The highest BCUT2D eigenvalue weighted by molar-refractivity contribution is 5.75. The van der Waals surface area contributed by atoms with Crippen molar-refractivity contribution in [3.63, 3.8) is 0 Å². The molecule has 1 aliphatic rings. The molecule has 2 heterocycles. The van der Waals surface area contributed by atoms with E-state index in [1.54, 1.807) is 12.3 Å². The molecule has 0 bridgehead atoms. The van der Waals surface area contributed by atoms with Gasteiger partial charge in [-0.25, -0.2) is 0 Å². The monoisotopic (exact) mass is 275 g/mol. The molecule has 0 spiro atoms. The Morgan fingerprint density at radius 3 is 2.60 bits per heavy atom. The normalized spacial score (nSPS) is 16.8. The predicted octanol–water partition coefficient (Wildman–Crippen LogP) is 0.239. The van der Waals surface area contributed by atoms with E-state index in [1.807, 2.05) is 11.0 Å². The largest absolute Gasteiger partial charge is 0.467 e. The van der Waals surface area contributed by atoms with Gasteiger partial charge in [-0.2, -0.15) is 0 Å². The molecule has 0 atom stereocenters. The van der Waals surface area contributed by atoms with E-state index in [4.69, 9.17) is 4.42 Å². The first-order valence-electron chi connectivity index (χ1n) is 6.70. The third kappa shape index (κ3) is 2.22. The van der Waals surface area contributed by atoms with Gasteiger partial charge in [0.2, 0.25) is 0 Å². The van der Waals surface area contributed by atoms with Crippen LogP contribution in [0, 0.1) is 0 Å². The van der Waals surface area contributed by atoms with Crippen molar-refractivity contribution in [2.45, 2.75) is 6.54 Å². The topological polar surface area (TPSA) is 65.8 Å². The van der Waals surface area contributed by atoms with Gasteiger partial charge in [-0.05, 0) is 19.2 Å². The Morgan fingerprint density at radius 1 is 1.20 bits per heavy atom. The van der Waals surface area contributed by atoms with Crippen molar-refractivity contribution < 1.29 is 4.42 Å². The lowest BCUT2D eigenvalue weighted by Gasteiger charge is -2.35. The molecule has 106 valence electrons. The molecule has 0 amide bonds. The lowest BCUT2D eigenvalue weighted by Crippen LogP contribution is -2.50. The van der Waals surface area contributed by atoms with Crippen LogP contribution >= 0.6 is 0 Å². The molecule has 6 heteroatoms. The molecular weight excluding hydrogens is 258 g/mol. The summed E-state index contributed by atoms with van der Waals surface area (Å²) in [4.78, 5) is 27.7. The van der Waals surface area contributed by atoms with Crippen LogP contribution < -0.4 is 21.1 Å². The van der Waals surface area contributed by atoms with Crippen molar-refractivity contribution in [1.29, 1.82) is 0 Å². The lowest BCUT2D eigenvalue weighted by atomic mass is 10.1. The molecule has 1 saturated heterocycles. The van der Waals surface area contributed by atoms with Crippen LogP contribution in [0.25, 0.3) is 0 Å². The van der Waals surface area contributed by atoms with Crippen LogP contribution in [0.5, 0.6) is 0 Å². The van der Waals surface area contributed by atoms with E-state index in [0.29, 0.717) is 17.9 Å². The minimum absolute atomic E-state index is 0.378. The Labute approximate surface area is 116 Å². The van der Waals surface area contributed by atoms with E-state index in [9.17, 15) is 9.59 Å². The number of furan rings is 1. The highest BCUT2D eigenvalue weighted by Gasteiger charge is 2.27. The molecule has 3 rings (SSSR count). The van der Waals surface area contributed by atoms with Gasteiger partial charge in [-0.1, -0.05) is 0 Å². The summed E-state index contributed by atoms with van der Waals surface area (Å²) >= 11 is 0. The fraction of sp³-hybridized carbons (Fsp3) is 0.429. The van der Waals surface area contributed by atoms with Crippen molar-refractivity contribution in [1.82, 2.24) is 4.90 Å². The minimum Gasteiger partial charge on any atom is -0.467 e. The van der Waals surface area contributed by atoms with Gasteiger partial charge in [-0.15, -0.1) is 0 Å². The average molecular weight is 275 g/mol. The third-order valence-corrected chi connectivity index (χ3v) is 3.72. The first kappa shape index (κ1) is 12.9. The van der Waals surface area contributed by atoms with Crippen LogP contribution in [-0.2, 0) is 6.54 Å². The van der Waals surface area contributed by atoms with Crippen LogP contribution in [0.2, 0.25) is 0 Å². The fourth-order valence-electron chi connectivity index (χ4n) is 2.46. The molecule has 20 heavy (non-hydrogen) atoms. The smallest absolute Gasteiger partial charge is 0.253 e. The summed E-state index contributed by atoms with van der Waals surface area (Å²) in [5.41, 5.74) is 0.160. The molecule has 1 N–H and O–H groups in total. The zero-order chi connectivity index (χ0) is 14.1. The van der Waals surface area contributed by atoms with Crippen LogP contribution in [0.15, 0.2) is 32.4 Å². The van der Waals surface area contributed by atoms with Crippen molar-refractivity contribution in [3.05, 3.63) is 44.6 Å². The minimum atomic E-state index is -0.425. The number of nitrogens with one attached hydrogen (secondary N) is 1. The number of hydrogen-bond donors (Lipinski definition) is 1. The van der Waals surface area contributed by atoms with E-state index in [1.165, 1.54) is 0 Å². The van der Waals surface area contributed by atoms with Gasteiger partial charge in [0, 0.05) is 26.2 Å². The number of piperazine rings is 1. The molecular formula is C14H17N3O3. The van der Waals surface area contributed by atoms with Gasteiger partial charge in [-0.3, -0.25) is 9.59 Å². The first-order valence-corrected chi connectivity index (χ1v) is 6.70. The maximum atomic E-state index is 11.8. The van der Waals surface area contributed by atoms with Gasteiger partial charge in [0.1, 0.15) is 17.1 Å². The van der Waals surface area contributed by atoms with Gasteiger partial charge in [0.05, 0.1) is 12.8 Å². The molecule has 0 radical (unpaired) electrons. The van der Waals surface area contributed by atoms with E-state index in [0.717, 1.165) is 31.9 Å². The third-order valence-electron chi connectivity index (χ3n) is 3.72. The lowest BCUT2D eigenvalue weighted by molar-refractivity contribution is 0.312. The van der Waals surface area contributed by atoms with E-state index < -0.39 is 5.43 Å². The first-order chi connectivity index (χ1) is 9.66. The number of anilines is 2. The number of nitrogens with zero attached hydrogens (tertiary/aromatic N) is 2. The van der Waals surface area contributed by atoms with Gasteiger partial charge in [0.15, 0.2) is 0 Å². The second kappa shape index (κ2) is 5.13. The van der Waals surface area contributed by atoms with Crippen molar-refractivity contribution in [3.8, 4) is 0 Å². The van der Waals surface area contributed by atoms with Crippen molar-refractivity contribution in [2.24, 2.45) is 0 Å². The highest BCUT2D eigenvalue weighted by Crippen LogP contribution is 2.22. The Kier molecular flexibility index (Phi) is 3.31. The summed E-state index contributed by atoms with van der Waals surface area (Å²) in [6.07, 6.45) is 1.58. The van der Waals surface area contributed by atoms with Crippen molar-refractivity contribution >= 4 is 11.4 Å². The van der Waals surface area contributed by atoms with Crippen LogP contribution in [0.1, 0.15) is 5.76 Å². The second-order valence-electron chi connectivity index (χ2n) is 5.11. The Bertz CT molecular complexity index is 648. The molecule has 6 nitrogen and oxygen atoms in total. The van der Waals surface area contributed by atoms with Crippen molar-refractivity contribution in [2.75, 3.05) is 43.4 Å². The fourth-order valence-corrected chi connectivity index (χ4v) is 2.46. The molecule has 0 saturated carbocycles. The summed E-state index contributed by atoms with van der Waals surface area (Å²) in [6.45, 7) is 3.76. The maximum absolute atomic E-state index is 11.8. The van der Waals surface area contributed by atoms with E-state index >= 15 is 0 Å². The molecule has 1 aromatic carbocycles. The standard InChI is InChI=1S/C14H17N3O3/c1-16-4-6-17(7-5-16)12-11(13(18)14(12)19)15-9-10-3-2-8-20-10/h2-3,8,15H,4-7,9H2,1H3. The molecule has 0 unspecified atom stereocenters.